The molecule has 0 spiro atoms. The van der Waals surface area contributed by atoms with Crippen molar-refractivity contribution in [3.05, 3.63) is 83.2 Å². The zero-order valence-corrected chi connectivity index (χ0v) is 16.9. The highest BCUT2D eigenvalue weighted by Crippen LogP contribution is 2.23. The van der Waals surface area contributed by atoms with Crippen LogP contribution < -0.4 is 25.1 Å². The largest absolute Gasteiger partial charge is 0.739 e. The molecule has 1 saturated heterocycles. The van der Waals surface area contributed by atoms with Crippen molar-refractivity contribution in [1.82, 2.24) is 10.4 Å². The minimum Gasteiger partial charge on any atom is -0.739 e. The van der Waals surface area contributed by atoms with Gasteiger partial charge in [0.15, 0.2) is 5.52 Å². The topological polar surface area (TPSA) is 94.1 Å². The molecule has 0 radical (unpaired) electrons. The third-order valence-corrected chi connectivity index (χ3v) is 5.49. The van der Waals surface area contributed by atoms with Gasteiger partial charge in [0.2, 0.25) is 5.10 Å². The van der Waals surface area contributed by atoms with Crippen molar-refractivity contribution < 1.29 is 9.58 Å². The van der Waals surface area contributed by atoms with Crippen molar-refractivity contribution in [2.45, 2.75) is 0 Å². The van der Waals surface area contributed by atoms with E-state index in [9.17, 15) is 10.4 Å². The summed E-state index contributed by atoms with van der Waals surface area (Å²) in [6, 6.07) is 22.7. The predicted octanol–water partition coefficient (Wildman–Crippen LogP) is 2.32. The van der Waals surface area contributed by atoms with Crippen LogP contribution in [-0.2, 0) is 0 Å². The normalized spacial score (nSPS) is 14.0. The number of nitrogens with one attached hydrogen (secondary N) is 2. The van der Waals surface area contributed by atoms with Gasteiger partial charge in [-0.2, -0.15) is 0 Å². The van der Waals surface area contributed by atoms with E-state index in [1.807, 2.05) is 60.7 Å². The van der Waals surface area contributed by atoms with Crippen molar-refractivity contribution in [2.75, 3.05) is 36.4 Å². The molecule has 3 aromatic carbocycles. The lowest BCUT2D eigenvalue weighted by Crippen LogP contribution is -2.43. The SMILES string of the molecule is [O-][n+]1nc(Nc2ccc(N3CCNCC3)cc2)[n+]([O-])c2cc(-c3ccccc3)ccc21. The van der Waals surface area contributed by atoms with Crippen molar-refractivity contribution in [3.8, 4) is 11.1 Å². The summed E-state index contributed by atoms with van der Waals surface area (Å²) in [7, 11) is 0. The number of aromatic nitrogens is 3. The van der Waals surface area contributed by atoms with Crippen LogP contribution in [0.3, 0.4) is 0 Å². The maximum atomic E-state index is 13.0. The van der Waals surface area contributed by atoms with Gasteiger partial charge in [0.25, 0.3) is 5.52 Å². The van der Waals surface area contributed by atoms with Gasteiger partial charge in [-0.05, 0) is 47.5 Å². The summed E-state index contributed by atoms with van der Waals surface area (Å²) in [5, 5.41) is 35.7. The first kappa shape index (κ1) is 19.1. The van der Waals surface area contributed by atoms with Gasteiger partial charge in [-0.15, -0.1) is 0 Å². The van der Waals surface area contributed by atoms with Gasteiger partial charge in [0, 0.05) is 42.8 Å². The number of fused-ring (bicyclic) bond motifs is 1. The fourth-order valence-corrected chi connectivity index (χ4v) is 3.84. The Balaban J connectivity index is 1.46. The third-order valence-electron chi connectivity index (χ3n) is 5.49. The lowest BCUT2D eigenvalue weighted by Gasteiger charge is -2.29. The Morgan fingerprint density at radius 2 is 1.58 bits per heavy atom. The molecule has 0 amide bonds. The Bertz CT molecular complexity index is 1210. The van der Waals surface area contributed by atoms with E-state index < -0.39 is 0 Å². The molecule has 5 rings (SSSR count). The predicted molar refractivity (Wildman–Crippen MR) is 120 cm³/mol. The molecule has 1 aliphatic heterocycles. The van der Waals surface area contributed by atoms with E-state index in [-0.39, 0.29) is 17.0 Å². The van der Waals surface area contributed by atoms with Crippen LogP contribution in [-0.4, -0.2) is 31.3 Å². The van der Waals surface area contributed by atoms with Gasteiger partial charge in [0.1, 0.15) is 0 Å². The van der Waals surface area contributed by atoms with E-state index in [4.69, 9.17) is 0 Å². The van der Waals surface area contributed by atoms with Gasteiger partial charge in [-0.25, -0.2) is 10.0 Å². The number of nitrogens with zero attached hydrogens (tertiary/aromatic N) is 4. The van der Waals surface area contributed by atoms with Gasteiger partial charge in [-0.3, -0.25) is 0 Å². The summed E-state index contributed by atoms with van der Waals surface area (Å²) < 4.78 is 0.667. The molecule has 8 nitrogen and oxygen atoms in total. The molecule has 0 atom stereocenters. The van der Waals surface area contributed by atoms with Crippen molar-refractivity contribution in [2.24, 2.45) is 0 Å². The fourth-order valence-electron chi connectivity index (χ4n) is 3.84. The average molecular weight is 414 g/mol. The van der Waals surface area contributed by atoms with Crippen molar-refractivity contribution >= 4 is 28.4 Å². The van der Waals surface area contributed by atoms with Gasteiger partial charge < -0.3 is 20.6 Å². The van der Waals surface area contributed by atoms with E-state index in [1.54, 1.807) is 12.1 Å². The second kappa shape index (κ2) is 8.08. The second-order valence-corrected chi connectivity index (χ2v) is 7.47. The van der Waals surface area contributed by atoms with Gasteiger partial charge in [0.05, 0.1) is 5.69 Å². The molecular weight excluding hydrogens is 392 g/mol. The highest BCUT2D eigenvalue weighted by molar-refractivity contribution is 5.77. The highest BCUT2D eigenvalue weighted by atomic mass is 16.5. The van der Waals surface area contributed by atoms with E-state index >= 15 is 0 Å². The lowest BCUT2D eigenvalue weighted by atomic mass is 10.1. The van der Waals surface area contributed by atoms with Crippen LogP contribution in [0.5, 0.6) is 0 Å². The Labute approximate surface area is 179 Å². The van der Waals surface area contributed by atoms with Gasteiger partial charge >= 0.3 is 5.95 Å². The molecular formula is C23H22N6O2. The van der Waals surface area contributed by atoms with Crippen LogP contribution >= 0.6 is 0 Å². The first-order valence-electron chi connectivity index (χ1n) is 10.2. The molecule has 156 valence electrons. The third kappa shape index (κ3) is 3.80. The highest BCUT2D eigenvalue weighted by Gasteiger charge is 2.21. The maximum absolute atomic E-state index is 13.0. The molecule has 2 heterocycles. The number of rotatable bonds is 4. The molecule has 2 N–H and O–H groups in total. The number of piperazine rings is 1. The number of hydrogen-bond acceptors (Lipinski definition) is 6. The molecule has 0 unspecified atom stereocenters. The van der Waals surface area contributed by atoms with Crippen LogP contribution in [0.15, 0.2) is 72.8 Å². The quantitative estimate of drug-likeness (QED) is 0.393. The van der Waals surface area contributed by atoms with Crippen molar-refractivity contribution in [1.29, 1.82) is 0 Å². The standard InChI is InChI=1S/C23H22N6O2/c30-28-22-16-18(17-4-2-1-3-5-17)6-11-21(22)29(31)26-23(28)25-19-7-9-20(10-8-19)27-14-12-24-13-15-27/h1-11,16,24H,12-15H2,(H,25,26). The molecule has 1 aromatic heterocycles. The number of anilines is 3. The van der Waals surface area contributed by atoms with Crippen LogP contribution in [0.25, 0.3) is 22.2 Å². The Morgan fingerprint density at radius 3 is 2.32 bits per heavy atom. The zero-order chi connectivity index (χ0) is 21.2. The number of benzene rings is 3. The first-order chi connectivity index (χ1) is 15.2. The van der Waals surface area contributed by atoms with E-state index in [0.717, 1.165) is 43.0 Å². The summed E-state index contributed by atoms with van der Waals surface area (Å²) in [5.74, 6) is -0.0670. The summed E-state index contributed by atoms with van der Waals surface area (Å²) in [4.78, 5) is 2.79. The Hall–Kier alpha value is -3.91. The van der Waals surface area contributed by atoms with Crippen LogP contribution in [0, 0.1) is 10.4 Å². The monoisotopic (exact) mass is 414 g/mol. The van der Waals surface area contributed by atoms with E-state index in [0.29, 0.717) is 15.3 Å². The maximum Gasteiger partial charge on any atom is 0.465 e. The summed E-state index contributed by atoms with van der Waals surface area (Å²) in [6.45, 7) is 3.84. The number of hydrogen-bond donors (Lipinski definition) is 2. The molecule has 31 heavy (non-hydrogen) atoms. The Morgan fingerprint density at radius 1 is 0.839 bits per heavy atom. The lowest BCUT2D eigenvalue weighted by molar-refractivity contribution is -0.672. The molecule has 4 aromatic rings. The van der Waals surface area contributed by atoms with Crippen molar-refractivity contribution in [3.63, 3.8) is 0 Å². The second-order valence-electron chi connectivity index (χ2n) is 7.47. The van der Waals surface area contributed by atoms with E-state index in [2.05, 4.69) is 20.6 Å². The van der Waals surface area contributed by atoms with Crippen LogP contribution in [0.4, 0.5) is 17.3 Å². The summed E-state index contributed by atoms with van der Waals surface area (Å²) in [5.41, 5.74) is 4.11. The average Bonchev–Trinajstić information content (AvgIpc) is 2.83. The minimum absolute atomic E-state index is 0.0670. The molecule has 1 aliphatic rings. The van der Waals surface area contributed by atoms with E-state index in [1.165, 1.54) is 0 Å². The minimum atomic E-state index is -0.0670. The summed E-state index contributed by atoms with van der Waals surface area (Å²) in [6.07, 6.45) is 0. The molecule has 0 saturated carbocycles. The molecule has 8 heteroatoms. The fraction of sp³-hybridized carbons (Fsp3) is 0.174. The molecule has 0 aliphatic carbocycles. The Kier molecular flexibility index (Phi) is 4.97. The first-order valence-corrected chi connectivity index (χ1v) is 10.2. The molecule has 0 bridgehead atoms. The summed E-state index contributed by atoms with van der Waals surface area (Å²) >= 11 is 0. The van der Waals surface area contributed by atoms with Crippen LogP contribution in [0.1, 0.15) is 0 Å². The smallest absolute Gasteiger partial charge is 0.465 e. The zero-order valence-electron chi connectivity index (χ0n) is 16.9. The van der Waals surface area contributed by atoms with Crippen LogP contribution in [0.2, 0.25) is 0 Å². The van der Waals surface area contributed by atoms with Gasteiger partial charge in [-0.1, -0.05) is 30.3 Å². The molecule has 1 fully saturated rings.